The van der Waals surface area contributed by atoms with Crippen LogP contribution >= 0.6 is 0 Å². The Balaban J connectivity index is 1.90. The second kappa shape index (κ2) is 12.3. The number of amides is 2. The van der Waals surface area contributed by atoms with Gasteiger partial charge in [0, 0.05) is 12.6 Å². The van der Waals surface area contributed by atoms with Gasteiger partial charge in [0.05, 0.1) is 19.1 Å². The van der Waals surface area contributed by atoms with Gasteiger partial charge in [-0.1, -0.05) is 55.7 Å². The van der Waals surface area contributed by atoms with Gasteiger partial charge >= 0.3 is 0 Å². The fourth-order valence-electron chi connectivity index (χ4n) is 4.55. The van der Waals surface area contributed by atoms with Gasteiger partial charge in [0.1, 0.15) is 18.3 Å². The van der Waals surface area contributed by atoms with Gasteiger partial charge in [0.2, 0.25) is 21.8 Å². The highest BCUT2D eigenvalue weighted by Gasteiger charge is 2.32. The van der Waals surface area contributed by atoms with Crippen molar-refractivity contribution in [1.82, 2.24) is 10.2 Å². The van der Waals surface area contributed by atoms with E-state index in [2.05, 4.69) is 5.32 Å². The third-order valence-corrected chi connectivity index (χ3v) is 7.88. The van der Waals surface area contributed by atoms with Gasteiger partial charge in [-0.3, -0.25) is 13.9 Å². The Hall–Kier alpha value is -3.07. The van der Waals surface area contributed by atoms with Crippen molar-refractivity contribution < 1.29 is 22.7 Å². The molecule has 8 nitrogen and oxygen atoms in total. The number of ether oxygens (including phenoxy) is 1. The van der Waals surface area contributed by atoms with E-state index in [0.29, 0.717) is 5.75 Å². The van der Waals surface area contributed by atoms with E-state index in [-0.39, 0.29) is 24.2 Å². The molecule has 0 heterocycles. The zero-order valence-corrected chi connectivity index (χ0v) is 22.4. The number of methoxy groups -OCH3 is 1. The van der Waals surface area contributed by atoms with E-state index in [9.17, 15) is 18.0 Å². The summed E-state index contributed by atoms with van der Waals surface area (Å²) in [6, 6.07) is 13.6. The van der Waals surface area contributed by atoms with E-state index < -0.39 is 28.5 Å². The molecule has 1 aliphatic rings. The topological polar surface area (TPSA) is 96.0 Å². The molecule has 0 aromatic heterocycles. The molecular formula is C27H37N3O5S. The molecule has 0 aliphatic heterocycles. The molecule has 1 aliphatic carbocycles. The van der Waals surface area contributed by atoms with E-state index in [1.54, 1.807) is 31.2 Å². The van der Waals surface area contributed by atoms with Gasteiger partial charge in [-0.2, -0.15) is 0 Å². The Morgan fingerprint density at radius 3 is 2.33 bits per heavy atom. The zero-order chi connectivity index (χ0) is 26.3. The number of hydrogen-bond donors (Lipinski definition) is 1. The monoisotopic (exact) mass is 515 g/mol. The van der Waals surface area contributed by atoms with E-state index >= 15 is 0 Å². The third kappa shape index (κ3) is 7.00. The first kappa shape index (κ1) is 27.5. The quantitative estimate of drug-likeness (QED) is 0.521. The highest BCUT2D eigenvalue weighted by Crippen LogP contribution is 2.30. The highest BCUT2D eigenvalue weighted by atomic mass is 32.2. The zero-order valence-electron chi connectivity index (χ0n) is 21.6. The van der Waals surface area contributed by atoms with E-state index in [4.69, 9.17) is 4.74 Å². The maximum absolute atomic E-state index is 13.7. The smallest absolute Gasteiger partial charge is 0.244 e. The lowest BCUT2D eigenvalue weighted by Crippen LogP contribution is -2.53. The number of carbonyl (C=O) groups excluding carboxylic acids is 2. The number of nitrogens with zero attached hydrogens (tertiary/aromatic N) is 2. The lowest BCUT2D eigenvalue weighted by molar-refractivity contribution is -0.139. The number of rotatable bonds is 10. The second-order valence-electron chi connectivity index (χ2n) is 9.41. The summed E-state index contributed by atoms with van der Waals surface area (Å²) in [5, 5.41) is 3.10. The highest BCUT2D eigenvalue weighted by molar-refractivity contribution is 7.92. The first-order chi connectivity index (χ1) is 17.1. The molecule has 1 N–H and O–H groups in total. The molecule has 0 saturated heterocycles. The Morgan fingerprint density at radius 2 is 1.69 bits per heavy atom. The van der Waals surface area contributed by atoms with Gasteiger partial charge in [0.25, 0.3) is 0 Å². The van der Waals surface area contributed by atoms with Gasteiger partial charge in [0.15, 0.2) is 0 Å². The van der Waals surface area contributed by atoms with Crippen molar-refractivity contribution in [2.24, 2.45) is 0 Å². The van der Waals surface area contributed by atoms with Crippen molar-refractivity contribution >= 4 is 27.5 Å². The molecule has 0 spiro atoms. The fourth-order valence-corrected chi connectivity index (χ4v) is 5.41. The molecule has 0 radical (unpaired) electrons. The Bertz CT molecular complexity index is 1160. The molecule has 0 bridgehead atoms. The van der Waals surface area contributed by atoms with Crippen LogP contribution in [0.1, 0.15) is 50.2 Å². The van der Waals surface area contributed by atoms with Crippen LogP contribution < -0.4 is 14.4 Å². The summed E-state index contributed by atoms with van der Waals surface area (Å²) >= 11 is 0. The van der Waals surface area contributed by atoms with Crippen LogP contribution in [-0.2, 0) is 26.2 Å². The van der Waals surface area contributed by atoms with Crippen LogP contribution in [0.25, 0.3) is 0 Å². The number of aryl methyl sites for hydroxylation is 1. The van der Waals surface area contributed by atoms with Gasteiger partial charge < -0.3 is 15.0 Å². The van der Waals surface area contributed by atoms with Crippen molar-refractivity contribution in [2.45, 2.75) is 64.6 Å². The predicted octanol–water partition coefficient (Wildman–Crippen LogP) is 3.64. The number of nitrogens with one attached hydrogen (secondary N) is 1. The van der Waals surface area contributed by atoms with Crippen molar-refractivity contribution in [1.29, 1.82) is 0 Å². The summed E-state index contributed by atoms with van der Waals surface area (Å²) in [5.41, 5.74) is 2.15. The first-order valence-corrected chi connectivity index (χ1v) is 14.2. The lowest BCUT2D eigenvalue weighted by Gasteiger charge is -2.33. The summed E-state index contributed by atoms with van der Waals surface area (Å²) in [6.45, 7) is 3.38. The maximum atomic E-state index is 13.7. The first-order valence-electron chi connectivity index (χ1n) is 12.4. The van der Waals surface area contributed by atoms with Gasteiger partial charge in [-0.25, -0.2) is 8.42 Å². The average molecular weight is 516 g/mol. The second-order valence-corrected chi connectivity index (χ2v) is 11.3. The number of benzene rings is 2. The summed E-state index contributed by atoms with van der Waals surface area (Å²) in [6.07, 6.45) is 6.24. The molecule has 3 rings (SSSR count). The van der Waals surface area contributed by atoms with E-state index in [1.807, 2.05) is 31.2 Å². The van der Waals surface area contributed by atoms with Gasteiger partial charge in [-0.15, -0.1) is 0 Å². The lowest BCUT2D eigenvalue weighted by atomic mass is 9.95. The summed E-state index contributed by atoms with van der Waals surface area (Å²) in [4.78, 5) is 28.4. The normalized spacial score (nSPS) is 15.1. The van der Waals surface area contributed by atoms with Crippen LogP contribution in [0.15, 0.2) is 48.5 Å². The van der Waals surface area contributed by atoms with Crippen LogP contribution in [0.3, 0.4) is 0 Å². The van der Waals surface area contributed by atoms with Crippen molar-refractivity contribution in [2.75, 3.05) is 24.2 Å². The molecule has 1 unspecified atom stereocenters. The van der Waals surface area contributed by atoms with E-state index in [0.717, 1.165) is 47.4 Å². The fraction of sp³-hybridized carbons (Fsp3) is 0.481. The average Bonchev–Trinajstić information content (AvgIpc) is 2.86. The van der Waals surface area contributed by atoms with Crippen LogP contribution in [0.2, 0.25) is 0 Å². The summed E-state index contributed by atoms with van der Waals surface area (Å²) < 4.78 is 31.9. The summed E-state index contributed by atoms with van der Waals surface area (Å²) in [5.74, 6) is -0.364. The third-order valence-electron chi connectivity index (χ3n) is 6.75. The Kier molecular flexibility index (Phi) is 9.37. The van der Waals surface area contributed by atoms with Crippen molar-refractivity contribution in [3.63, 3.8) is 0 Å². The molecule has 9 heteroatoms. The predicted molar refractivity (Wildman–Crippen MR) is 141 cm³/mol. The Morgan fingerprint density at radius 1 is 1.06 bits per heavy atom. The summed E-state index contributed by atoms with van der Waals surface area (Å²) in [7, 11) is -2.38. The van der Waals surface area contributed by atoms with Crippen LogP contribution in [0.4, 0.5) is 5.69 Å². The number of anilines is 1. The van der Waals surface area contributed by atoms with Crippen molar-refractivity contribution in [3.8, 4) is 5.75 Å². The molecule has 1 saturated carbocycles. The molecular weight excluding hydrogens is 478 g/mol. The maximum Gasteiger partial charge on any atom is 0.244 e. The molecule has 2 aromatic rings. The molecule has 36 heavy (non-hydrogen) atoms. The number of sulfonamides is 1. The van der Waals surface area contributed by atoms with Crippen LogP contribution in [-0.4, -0.2) is 57.1 Å². The largest absolute Gasteiger partial charge is 0.495 e. The minimum Gasteiger partial charge on any atom is -0.495 e. The number of para-hydroxylation sites is 2. The van der Waals surface area contributed by atoms with Crippen LogP contribution in [0, 0.1) is 6.92 Å². The molecule has 2 aromatic carbocycles. The number of hydrogen-bond acceptors (Lipinski definition) is 5. The van der Waals surface area contributed by atoms with Gasteiger partial charge in [-0.05, 0) is 49.9 Å². The van der Waals surface area contributed by atoms with Crippen LogP contribution in [0.5, 0.6) is 5.75 Å². The molecule has 1 atom stereocenters. The SMILES string of the molecule is COc1ccccc1N(CC(=O)N(Cc1ccccc1C)C(C)C(=O)NC1CCCCC1)S(C)(=O)=O. The minimum absolute atomic E-state index is 0.102. The molecule has 1 fully saturated rings. The van der Waals surface area contributed by atoms with Crippen molar-refractivity contribution in [3.05, 3.63) is 59.7 Å². The molecule has 2 amide bonds. The Labute approximate surface area is 214 Å². The molecule has 196 valence electrons. The minimum atomic E-state index is -3.82. The standard InChI is InChI=1S/C27H37N3O5S/c1-20-12-8-9-13-22(20)18-29(21(2)27(32)28-23-14-6-5-7-15-23)26(31)19-30(36(4,33)34)24-16-10-11-17-25(24)35-3/h8-13,16-17,21,23H,5-7,14-15,18-19H2,1-4H3,(H,28,32). The van der Waals surface area contributed by atoms with E-state index in [1.165, 1.54) is 18.4 Å². The number of carbonyl (C=O) groups is 2.